The molecule has 28 heavy (non-hydrogen) atoms. The number of nitrogens with zero attached hydrogens (tertiary/aromatic N) is 2. The van der Waals surface area contributed by atoms with Crippen molar-refractivity contribution in [1.29, 1.82) is 0 Å². The van der Waals surface area contributed by atoms with Crippen LogP contribution >= 0.6 is 11.6 Å². The van der Waals surface area contributed by atoms with Crippen LogP contribution in [0.25, 0.3) is 11.0 Å². The number of rotatable bonds is 4. The first-order valence-corrected chi connectivity index (χ1v) is 8.38. The summed E-state index contributed by atoms with van der Waals surface area (Å²) in [6, 6.07) is 7.90. The maximum atomic E-state index is 12.9. The van der Waals surface area contributed by atoms with Crippen LogP contribution in [0.4, 0.5) is 18.9 Å². The van der Waals surface area contributed by atoms with Crippen molar-refractivity contribution in [3.63, 3.8) is 0 Å². The highest BCUT2D eigenvalue weighted by Gasteiger charge is 2.33. The van der Waals surface area contributed by atoms with Crippen LogP contribution in [0, 0.1) is 0 Å². The summed E-state index contributed by atoms with van der Waals surface area (Å²) in [5.74, 6) is -1.06. The van der Waals surface area contributed by atoms with Gasteiger partial charge in [-0.15, -0.1) is 0 Å². The zero-order valence-corrected chi connectivity index (χ0v) is 15.2. The van der Waals surface area contributed by atoms with Crippen LogP contribution in [0.3, 0.4) is 0 Å². The van der Waals surface area contributed by atoms with Gasteiger partial charge in [0.15, 0.2) is 0 Å². The third kappa shape index (κ3) is 4.25. The molecule has 0 bridgehead atoms. The molecule has 0 atom stereocenters. The molecule has 0 spiro atoms. The Balaban J connectivity index is 1.68. The third-order valence-corrected chi connectivity index (χ3v) is 4.28. The zero-order valence-electron chi connectivity index (χ0n) is 14.5. The molecule has 0 radical (unpaired) electrons. The summed E-state index contributed by atoms with van der Waals surface area (Å²) in [7, 11) is 1.42. The van der Waals surface area contributed by atoms with E-state index in [-0.39, 0.29) is 12.2 Å². The Morgan fingerprint density at radius 3 is 2.68 bits per heavy atom. The number of hydrogen-bond donors (Lipinski definition) is 2. The number of aromatic nitrogens is 2. The Kier molecular flexibility index (Phi) is 5.28. The maximum Gasteiger partial charge on any atom is 0.417 e. The number of halogens is 4. The number of carbonyl (C=O) groups excluding carboxylic acids is 2. The summed E-state index contributed by atoms with van der Waals surface area (Å²) in [4.78, 5) is 32.7. The van der Waals surface area contributed by atoms with Gasteiger partial charge in [0.1, 0.15) is 0 Å². The minimum atomic E-state index is -4.64. The number of aromatic amines is 1. The smallest absolute Gasteiger partial charge is 0.345 e. The topological polar surface area (TPSA) is 78.1 Å². The van der Waals surface area contributed by atoms with Crippen molar-refractivity contribution in [1.82, 2.24) is 14.9 Å². The summed E-state index contributed by atoms with van der Waals surface area (Å²) < 4.78 is 38.7. The molecule has 146 valence electrons. The van der Waals surface area contributed by atoms with Crippen LogP contribution in [0.15, 0.2) is 42.7 Å². The largest absolute Gasteiger partial charge is 0.417 e. The lowest BCUT2D eigenvalue weighted by molar-refractivity contribution is -0.137. The molecule has 2 N–H and O–H groups in total. The first kappa shape index (κ1) is 19.7. The number of fused-ring (bicyclic) bond motifs is 1. The Labute approximate surface area is 162 Å². The van der Waals surface area contributed by atoms with E-state index in [0.717, 1.165) is 17.0 Å². The van der Waals surface area contributed by atoms with E-state index in [4.69, 9.17) is 11.6 Å². The number of benzene rings is 2. The minimum Gasteiger partial charge on any atom is -0.345 e. The number of H-pyrrole nitrogens is 1. The van der Waals surface area contributed by atoms with Gasteiger partial charge in [0, 0.05) is 18.3 Å². The van der Waals surface area contributed by atoms with Crippen LogP contribution < -0.4 is 5.32 Å². The molecule has 6 nitrogen and oxygen atoms in total. The fourth-order valence-corrected chi connectivity index (χ4v) is 2.82. The average Bonchev–Trinajstić information content (AvgIpc) is 3.09. The molecule has 0 aliphatic heterocycles. The lowest BCUT2D eigenvalue weighted by Crippen LogP contribution is -2.35. The van der Waals surface area contributed by atoms with Crippen LogP contribution in [0.2, 0.25) is 5.02 Å². The molecular formula is C18H14ClF3N4O2. The van der Waals surface area contributed by atoms with E-state index in [1.165, 1.54) is 19.4 Å². The first-order valence-electron chi connectivity index (χ1n) is 8.00. The van der Waals surface area contributed by atoms with Crippen LogP contribution in [0.5, 0.6) is 0 Å². The average molecular weight is 411 g/mol. The molecule has 0 saturated carbocycles. The summed E-state index contributed by atoms with van der Waals surface area (Å²) in [5, 5.41) is 1.87. The second-order valence-electron chi connectivity index (χ2n) is 6.04. The van der Waals surface area contributed by atoms with Gasteiger partial charge in [-0.25, -0.2) is 4.98 Å². The molecule has 0 aliphatic carbocycles. The van der Waals surface area contributed by atoms with Gasteiger partial charge in [-0.1, -0.05) is 11.6 Å². The maximum absolute atomic E-state index is 12.9. The quantitative estimate of drug-likeness (QED) is 0.683. The number of carbonyl (C=O) groups is 2. The molecule has 1 aromatic heterocycles. The number of nitrogens with one attached hydrogen (secondary N) is 2. The first-order chi connectivity index (χ1) is 13.1. The van der Waals surface area contributed by atoms with E-state index in [9.17, 15) is 22.8 Å². The van der Waals surface area contributed by atoms with E-state index in [2.05, 4.69) is 15.3 Å². The van der Waals surface area contributed by atoms with Crippen molar-refractivity contribution in [2.45, 2.75) is 6.18 Å². The number of amides is 2. The highest BCUT2D eigenvalue weighted by molar-refractivity contribution is 6.31. The lowest BCUT2D eigenvalue weighted by Gasteiger charge is -2.17. The Morgan fingerprint density at radius 1 is 1.21 bits per heavy atom. The van der Waals surface area contributed by atoms with Crippen LogP contribution in [-0.2, 0) is 11.0 Å². The number of alkyl halides is 3. The standard InChI is InChI=1S/C18H14ClF3N4O2/c1-26(17(28)10-2-5-14-15(6-10)24-9-23-14)8-16(27)25-11-3-4-13(19)12(7-11)18(20,21)22/h2-7,9H,8H2,1H3,(H,23,24)(H,25,27). The third-order valence-electron chi connectivity index (χ3n) is 3.95. The SMILES string of the molecule is CN(CC(=O)Nc1ccc(Cl)c(C(F)(F)F)c1)C(=O)c1ccc2nc[nH]c2c1. The Bertz CT molecular complexity index is 1050. The molecule has 3 rings (SSSR count). The molecule has 10 heteroatoms. The summed E-state index contributed by atoms with van der Waals surface area (Å²) in [6.07, 6.45) is -3.15. The normalized spacial score (nSPS) is 11.5. The van der Waals surface area contributed by atoms with Crippen molar-refractivity contribution in [2.24, 2.45) is 0 Å². The predicted octanol–water partition coefficient (Wildman–Crippen LogP) is 3.95. The van der Waals surface area contributed by atoms with Crippen molar-refractivity contribution in [3.05, 3.63) is 58.9 Å². The lowest BCUT2D eigenvalue weighted by atomic mass is 10.1. The van der Waals surface area contributed by atoms with E-state index in [1.54, 1.807) is 18.2 Å². The van der Waals surface area contributed by atoms with Gasteiger partial charge in [0.2, 0.25) is 5.91 Å². The number of hydrogen-bond acceptors (Lipinski definition) is 3. The second-order valence-corrected chi connectivity index (χ2v) is 6.44. The second kappa shape index (κ2) is 7.51. The van der Waals surface area contributed by atoms with Crippen molar-refractivity contribution in [2.75, 3.05) is 18.9 Å². The molecule has 2 amide bonds. The monoisotopic (exact) mass is 410 g/mol. The van der Waals surface area contributed by atoms with Crippen LogP contribution in [0.1, 0.15) is 15.9 Å². The molecule has 2 aromatic carbocycles. The van der Waals surface area contributed by atoms with E-state index in [1.807, 2.05) is 0 Å². The molecule has 0 aliphatic rings. The van der Waals surface area contributed by atoms with E-state index < -0.39 is 28.6 Å². The fraction of sp³-hybridized carbons (Fsp3) is 0.167. The summed E-state index contributed by atoms with van der Waals surface area (Å²) in [5.41, 5.74) is 0.591. The fourth-order valence-electron chi connectivity index (χ4n) is 2.60. The van der Waals surface area contributed by atoms with Crippen LogP contribution in [-0.4, -0.2) is 40.3 Å². The van der Waals surface area contributed by atoms with Gasteiger partial charge in [0.25, 0.3) is 5.91 Å². The van der Waals surface area contributed by atoms with Gasteiger partial charge in [-0.05, 0) is 36.4 Å². The van der Waals surface area contributed by atoms with Gasteiger partial charge >= 0.3 is 6.18 Å². The van der Waals surface area contributed by atoms with Gasteiger partial charge < -0.3 is 15.2 Å². The molecular weight excluding hydrogens is 397 g/mol. The number of likely N-dealkylation sites (N-methyl/N-ethyl adjacent to an activating group) is 1. The van der Waals surface area contributed by atoms with Gasteiger partial charge in [-0.3, -0.25) is 9.59 Å². The Hall–Kier alpha value is -3.07. The number of anilines is 1. The molecule has 1 heterocycles. The highest BCUT2D eigenvalue weighted by Crippen LogP contribution is 2.36. The van der Waals surface area contributed by atoms with Crippen molar-refractivity contribution in [3.8, 4) is 0 Å². The van der Waals surface area contributed by atoms with Crippen molar-refractivity contribution < 1.29 is 22.8 Å². The predicted molar refractivity (Wildman–Crippen MR) is 98.1 cm³/mol. The van der Waals surface area contributed by atoms with E-state index >= 15 is 0 Å². The van der Waals surface area contributed by atoms with Gasteiger partial charge in [-0.2, -0.15) is 13.2 Å². The molecule has 3 aromatic rings. The summed E-state index contributed by atoms with van der Waals surface area (Å²) >= 11 is 5.55. The molecule has 0 fully saturated rings. The minimum absolute atomic E-state index is 0.0681. The van der Waals surface area contributed by atoms with Crippen molar-refractivity contribution >= 4 is 40.1 Å². The number of imidazole rings is 1. The van der Waals surface area contributed by atoms with E-state index in [0.29, 0.717) is 16.6 Å². The Morgan fingerprint density at radius 2 is 1.96 bits per heavy atom. The summed E-state index contributed by atoms with van der Waals surface area (Å²) in [6.45, 7) is -0.343. The molecule has 0 unspecified atom stereocenters. The zero-order chi connectivity index (χ0) is 20.5. The van der Waals surface area contributed by atoms with Gasteiger partial charge in [0.05, 0.1) is 34.5 Å². The molecule has 0 saturated heterocycles. The highest BCUT2D eigenvalue weighted by atomic mass is 35.5.